The highest BCUT2D eigenvalue weighted by molar-refractivity contribution is 9.10. The average molecular weight is 315 g/mol. The van der Waals surface area contributed by atoms with Gasteiger partial charge in [-0.05, 0) is 41.1 Å². The number of fused-ring (bicyclic) bond motifs is 1. The van der Waals surface area contributed by atoms with Crippen LogP contribution >= 0.6 is 15.9 Å². The van der Waals surface area contributed by atoms with E-state index in [1.165, 1.54) is 5.56 Å². The molecule has 0 N–H and O–H groups in total. The fraction of sp³-hybridized carbons (Fsp3) is 0.0667. The second-order valence-electron chi connectivity index (χ2n) is 4.25. The summed E-state index contributed by atoms with van der Waals surface area (Å²) in [4.78, 5) is 8.65. The smallest absolute Gasteiger partial charge is 0.156 e. The Bertz CT molecular complexity index is 726. The summed E-state index contributed by atoms with van der Waals surface area (Å²) in [5, 5.41) is 0. The van der Waals surface area contributed by atoms with Crippen molar-refractivity contribution in [3.05, 3.63) is 58.8 Å². The predicted molar refractivity (Wildman–Crippen MR) is 78.5 cm³/mol. The van der Waals surface area contributed by atoms with E-state index in [-0.39, 0.29) is 0 Å². The summed E-state index contributed by atoms with van der Waals surface area (Å²) in [5.41, 5.74) is 2.76. The molecule has 3 nitrogen and oxygen atoms in total. The third-order valence-electron chi connectivity index (χ3n) is 2.76. The number of hydrogen-bond donors (Lipinski definition) is 0. The second-order valence-corrected chi connectivity index (χ2v) is 5.16. The van der Waals surface area contributed by atoms with Gasteiger partial charge in [-0.3, -0.25) is 4.98 Å². The third-order valence-corrected chi connectivity index (χ3v) is 3.19. The molecule has 4 heteroatoms. The van der Waals surface area contributed by atoms with E-state index in [0.29, 0.717) is 5.75 Å². The summed E-state index contributed by atoms with van der Waals surface area (Å²) in [6, 6.07) is 11.7. The molecule has 0 aliphatic carbocycles. The van der Waals surface area contributed by atoms with E-state index in [2.05, 4.69) is 25.9 Å². The van der Waals surface area contributed by atoms with Gasteiger partial charge in [-0.15, -0.1) is 0 Å². The first-order valence-corrected chi connectivity index (χ1v) is 6.66. The van der Waals surface area contributed by atoms with Crippen LogP contribution in [0.1, 0.15) is 5.56 Å². The lowest BCUT2D eigenvalue weighted by atomic mass is 10.2. The molecule has 3 rings (SSSR count). The maximum absolute atomic E-state index is 5.87. The van der Waals surface area contributed by atoms with Gasteiger partial charge in [0.15, 0.2) is 5.75 Å². The van der Waals surface area contributed by atoms with Crippen molar-refractivity contribution in [3.8, 4) is 11.5 Å². The number of rotatable bonds is 2. The summed E-state index contributed by atoms with van der Waals surface area (Å²) in [6.45, 7) is 2.05. The number of hydrogen-bond acceptors (Lipinski definition) is 3. The molecule has 0 aliphatic heterocycles. The molecule has 3 aromatic rings. The van der Waals surface area contributed by atoms with Crippen LogP contribution in [0.5, 0.6) is 11.5 Å². The normalized spacial score (nSPS) is 10.6. The molecule has 0 amide bonds. The molecule has 0 unspecified atom stereocenters. The first-order chi connectivity index (χ1) is 9.22. The van der Waals surface area contributed by atoms with E-state index in [9.17, 15) is 0 Å². The standard InChI is InChI=1S/C15H11BrN2O/c1-10-2-4-12(5-3-10)19-14-6-7-17-13-8-11(16)9-18-15(13)14/h2-9H,1H3. The molecule has 0 spiro atoms. The average Bonchev–Trinajstić information content (AvgIpc) is 2.41. The highest BCUT2D eigenvalue weighted by Crippen LogP contribution is 2.28. The first-order valence-electron chi connectivity index (χ1n) is 5.87. The minimum atomic E-state index is 0.710. The summed E-state index contributed by atoms with van der Waals surface area (Å²) in [7, 11) is 0. The van der Waals surface area contributed by atoms with Crippen molar-refractivity contribution in [1.29, 1.82) is 0 Å². The minimum Gasteiger partial charge on any atom is -0.455 e. The van der Waals surface area contributed by atoms with E-state index in [0.717, 1.165) is 21.3 Å². The van der Waals surface area contributed by atoms with Crippen molar-refractivity contribution in [2.75, 3.05) is 0 Å². The van der Waals surface area contributed by atoms with Crippen molar-refractivity contribution in [1.82, 2.24) is 9.97 Å². The van der Waals surface area contributed by atoms with E-state index in [4.69, 9.17) is 4.74 Å². The van der Waals surface area contributed by atoms with Gasteiger partial charge >= 0.3 is 0 Å². The van der Waals surface area contributed by atoms with Gasteiger partial charge < -0.3 is 4.74 Å². The van der Waals surface area contributed by atoms with Crippen molar-refractivity contribution in [2.45, 2.75) is 6.92 Å². The SMILES string of the molecule is Cc1ccc(Oc2ccnc3cc(Br)cnc23)cc1. The zero-order valence-electron chi connectivity index (χ0n) is 10.3. The van der Waals surface area contributed by atoms with Crippen molar-refractivity contribution < 1.29 is 4.74 Å². The summed E-state index contributed by atoms with van der Waals surface area (Å²) < 4.78 is 6.77. The van der Waals surface area contributed by atoms with Crippen LogP contribution in [0.25, 0.3) is 11.0 Å². The van der Waals surface area contributed by atoms with Crippen molar-refractivity contribution >= 4 is 27.0 Å². The van der Waals surface area contributed by atoms with Crippen LogP contribution in [0, 0.1) is 6.92 Å². The predicted octanol–water partition coefficient (Wildman–Crippen LogP) is 4.49. The van der Waals surface area contributed by atoms with Crippen LogP contribution in [-0.4, -0.2) is 9.97 Å². The largest absolute Gasteiger partial charge is 0.455 e. The zero-order chi connectivity index (χ0) is 13.2. The Morgan fingerprint density at radius 1 is 1.05 bits per heavy atom. The van der Waals surface area contributed by atoms with E-state index in [1.807, 2.05) is 43.3 Å². The molecule has 0 fully saturated rings. The van der Waals surface area contributed by atoms with Gasteiger partial charge in [0, 0.05) is 22.9 Å². The number of benzene rings is 1. The summed E-state index contributed by atoms with van der Waals surface area (Å²) in [5.74, 6) is 1.50. The van der Waals surface area contributed by atoms with Gasteiger partial charge in [0.25, 0.3) is 0 Å². The van der Waals surface area contributed by atoms with E-state index >= 15 is 0 Å². The Labute approximate surface area is 119 Å². The van der Waals surface area contributed by atoms with Gasteiger partial charge in [-0.1, -0.05) is 17.7 Å². The fourth-order valence-corrected chi connectivity index (χ4v) is 2.12. The fourth-order valence-electron chi connectivity index (χ4n) is 1.80. The summed E-state index contributed by atoms with van der Waals surface area (Å²) in [6.07, 6.45) is 3.46. The van der Waals surface area contributed by atoms with Gasteiger partial charge in [-0.2, -0.15) is 0 Å². The number of ether oxygens (including phenoxy) is 1. The Morgan fingerprint density at radius 3 is 2.63 bits per heavy atom. The number of halogens is 1. The molecule has 1 aromatic carbocycles. The van der Waals surface area contributed by atoms with Crippen LogP contribution in [0.3, 0.4) is 0 Å². The molecule has 2 heterocycles. The molecule has 0 radical (unpaired) electrons. The lowest BCUT2D eigenvalue weighted by Gasteiger charge is -2.08. The van der Waals surface area contributed by atoms with Crippen molar-refractivity contribution in [3.63, 3.8) is 0 Å². The van der Waals surface area contributed by atoms with Gasteiger partial charge in [0.2, 0.25) is 0 Å². The highest BCUT2D eigenvalue weighted by atomic mass is 79.9. The molecule has 0 atom stereocenters. The van der Waals surface area contributed by atoms with E-state index < -0.39 is 0 Å². The molecule has 2 aromatic heterocycles. The minimum absolute atomic E-state index is 0.710. The van der Waals surface area contributed by atoms with Gasteiger partial charge in [0.05, 0.1) is 5.52 Å². The number of pyridine rings is 2. The molecule has 94 valence electrons. The molecule has 0 bridgehead atoms. The Hall–Kier alpha value is -1.94. The monoisotopic (exact) mass is 314 g/mol. The van der Waals surface area contributed by atoms with E-state index in [1.54, 1.807) is 12.4 Å². The Morgan fingerprint density at radius 2 is 1.84 bits per heavy atom. The van der Waals surface area contributed by atoms with Crippen LogP contribution in [0.15, 0.2) is 53.3 Å². The van der Waals surface area contributed by atoms with Gasteiger partial charge in [-0.25, -0.2) is 4.98 Å². The molecule has 19 heavy (non-hydrogen) atoms. The van der Waals surface area contributed by atoms with Crippen LogP contribution < -0.4 is 4.74 Å². The second kappa shape index (κ2) is 4.97. The summed E-state index contributed by atoms with van der Waals surface area (Å²) >= 11 is 3.39. The molecular formula is C15H11BrN2O. The molecule has 0 aliphatic rings. The van der Waals surface area contributed by atoms with Crippen LogP contribution in [0.2, 0.25) is 0 Å². The highest BCUT2D eigenvalue weighted by Gasteiger charge is 2.06. The maximum atomic E-state index is 5.87. The lowest BCUT2D eigenvalue weighted by molar-refractivity contribution is 0.486. The molecule has 0 saturated carbocycles. The molecular weight excluding hydrogens is 304 g/mol. The first kappa shape index (κ1) is 12.1. The number of nitrogens with zero attached hydrogens (tertiary/aromatic N) is 2. The Kier molecular flexibility index (Phi) is 3.17. The number of aromatic nitrogens is 2. The molecule has 0 saturated heterocycles. The quantitative estimate of drug-likeness (QED) is 0.699. The van der Waals surface area contributed by atoms with Crippen molar-refractivity contribution in [2.24, 2.45) is 0 Å². The Balaban J connectivity index is 2.03. The maximum Gasteiger partial charge on any atom is 0.156 e. The third kappa shape index (κ3) is 2.58. The topological polar surface area (TPSA) is 35.0 Å². The number of aryl methyl sites for hydroxylation is 1. The van der Waals surface area contributed by atoms with Gasteiger partial charge in [0.1, 0.15) is 11.3 Å². The van der Waals surface area contributed by atoms with Crippen LogP contribution in [0.4, 0.5) is 0 Å². The lowest BCUT2D eigenvalue weighted by Crippen LogP contribution is -1.90. The zero-order valence-corrected chi connectivity index (χ0v) is 11.9. The van der Waals surface area contributed by atoms with Crippen LogP contribution in [-0.2, 0) is 0 Å².